The molecule has 0 radical (unpaired) electrons. The fourth-order valence-corrected chi connectivity index (χ4v) is 3.68. The number of carbonyl (C=O) groups is 2. The summed E-state index contributed by atoms with van der Waals surface area (Å²) in [6, 6.07) is 2.29. The number of nitrogens with two attached hydrogens (primary N) is 1. The molecule has 180 valence electrons. The van der Waals surface area contributed by atoms with Crippen LogP contribution < -0.4 is 11.1 Å². The number of aromatic nitrogens is 3. The molecular weight excluding hydrogens is 463 g/mol. The number of hydrogen-bond acceptors (Lipinski definition) is 4. The molecule has 1 atom stereocenters. The second-order valence-electron chi connectivity index (χ2n) is 7.79. The molecule has 0 saturated heterocycles. The molecule has 33 heavy (non-hydrogen) atoms. The molecular formula is C19H18F7N5O2. The molecule has 14 heteroatoms. The van der Waals surface area contributed by atoms with E-state index in [1.807, 2.05) is 0 Å². The number of anilines is 1. The van der Waals surface area contributed by atoms with Crippen LogP contribution >= 0.6 is 0 Å². The Kier molecular flexibility index (Phi) is 6.15. The minimum atomic E-state index is -5.99. The number of alkyl halides is 7. The summed E-state index contributed by atoms with van der Waals surface area (Å²) in [5.41, 5.74) is 1.70. The van der Waals surface area contributed by atoms with Crippen molar-refractivity contribution < 1.29 is 40.3 Å². The van der Waals surface area contributed by atoms with Gasteiger partial charge in [-0.3, -0.25) is 19.3 Å². The highest BCUT2D eigenvalue weighted by molar-refractivity contribution is 6.04. The zero-order valence-corrected chi connectivity index (χ0v) is 17.0. The van der Waals surface area contributed by atoms with E-state index in [1.54, 1.807) is 0 Å². The summed E-state index contributed by atoms with van der Waals surface area (Å²) in [7, 11) is 0. The van der Waals surface area contributed by atoms with Gasteiger partial charge in [0.25, 0.3) is 11.8 Å². The van der Waals surface area contributed by atoms with Gasteiger partial charge in [-0.25, -0.2) is 8.78 Å². The van der Waals surface area contributed by atoms with E-state index >= 15 is 0 Å². The molecule has 1 fully saturated rings. The highest BCUT2D eigenvalue weighted by Gasteiger charge is 2.61. The predicted octanol–water partition coefficient (Wildman–Crippen LogP) is 4.03. The van der Waals surface area contributed by atoms with Gasteiger partial charge in [0.05, 0.1) is 0 Å². The van der Waals surface area contributed by atoms with Gasteiger partial charge in [-0.05, 0) is 31.4 Å². The maximum absolute atomic E-state index is 14.1. The lowest BCUT2D eigenvalue weighted by molar-refractivity contribution is -0.291. The Morgan fingerprint density at radius 3 is 2.48 bits per heavy atom. The number of pyridine rings is 1. The summed E-state index contributed by atoms with van der Waals surface area (Å²) in [5, 5.41) is 5.58. The molecule has 0 bridgehead atoms. The number of carbonyl (C=O) groups excluding carboxylic acids is 2. The van der Waals surface area contributed by atoms with E-state index in [1.165, 1.54) is 6.07 Å². The molecule has 2 aromatic rings. The highest BCUT2D eigenvalue weighted by atomic mass is 19.4. The molecule has 0 aliphatic heterocycles. The van der Waals surface area contributed by atoms with Gasteiger partial charge in [0.15, 0.2) is 0 Å². The van der Waals surface area contributed by atoms with Crippen molar-refractivity contribution in [2.24, 2.45) is 11.7 Å². The molecule has 1 aliphatic rings. The van der Waals surface area contributed by atoms with Gasteiger partial charge in [0.2, 0.25) is 5.92 Å². The average Bonchev–Trinajstić information content (AvgIpc) is 3.20. The van der Waals surface area contributed by atoms with Gasteiger partial charge in [0, 0.05) is 36.8 Å². The van der Waals surface area contributed by atoms with Crippen molar-refractivity contribution in [1.29, 1.82) is 0 Å². The Balaban J connectivity index is 2.01. The van der Waals surface area contributed by atoms with E-state index in [0.717, 1.165) is 19.2 Å². The van der Waals surface area contributed by atoms with E-state index in [-0.39, 0.29) is 17.8 Å². The normalized spacial score (nSPS) is 18.4. The third-order valence-electron chi connectivity index (χ3n) is 5.26. The number of nitrogens with one attached hydrogen (secondary N) is 1. The van der Waals surface area contributed by atoms with Crippen LogP contribution in [0.3, 0.4) is 0 Å². The summed E-state index contributed by atoms with van der Waals surface area (Å²) < 4.78 is 94.8. The van der Waals surface area contributed by atoms with Gasteiger partial charge < -0.3 is 11.1 Å². The third kappa shape index (κ3) is 4.93. The highest BCUT2D eigenvalue weighted by Crippen LogP contribution is 2.45. The lowest BCUT2D eigenvalue weighted by Gasteiger charge is -2.18. The van der Waals surface area contributed by atoms with Crippen LogP contribution in [0.1, 0.15) is 51.5 Å². The molecule has 3 rings (SSSR count). The standard InChI is InChI=1S/C19H18F7N5O2/c1-9-13(16(33)29-11-3-5-28-12(6-11)15(27)32)31(8-10-2-4-17(20,21)7-10)30-14(9)18(22,23)19(24,25)26/h3,5-6,10H,2,4,7-8H2,1H3,(H2,27,32)(H,28,29,33). The van der Waals surface area contributed by atoms with E-state index in [9.17, 15) is 40.3 Å². The summed E-state index contributed by atoms with van der Waals surface area (Å²) in [4.78, 5) is 27.8. The van der Waals surface area contributed by atoms with Crippen molar-refractivity contribution in [2.75, 3.05) is 5.32 Å². The average molecular weight is 481 g/mol. The number of hydrogen-bond donors (Lipinski definition) is 2. The van der Waals surface area contributed by atoms with Crippen LogP contribution in [0, 0.1) is 12.8 Å². The smallest absolute Gasteiger partial charge is 0.364 e. The fraction of sp³-hybridized carbons (Fsp3) is 0.474. The second-order valence-corrected chi connectivity index (χ2v) is 7.79. The first-order valence-corrected chi connectivity index (χ1v) is 9.60. The summed E-state index contributed by atoms with van der Waals surface area (Å²) in [5.74, 6) is -11.2. The molecule has 3 N–H and O–H groups in total. The number of primary amides is 1. The maximum Gasteiger partial charge on any atom is 0.459 e. The summed E-state index contributed by atoms with van der Waals surface area (Å²) >= 11 is 0. The monoisotopic (exact) mass is 481 g/mol. The van der Waals surface area contributed by atoms with E-state index < -0.39 is 72.1 Å². The Labute approximate surface area is 182 Å². The molecule has 2 aromatic heterocycles. The quantitative estimate of drug-likeness (QED) is 0.609. The van der Waals surface area contributed by atoms with Gasteiger partial charge in [0.1, 0.15) is 17.1 Å². The SMILES string of the molecule is Cc1c(C(F)(F)C(F)(F)F)nn(CC2CCC(F)(F)C2)c1C(=O)Nc1ccnc(C(N)=O)c1. The Morgan fingerprint density at radius 1 is 1.27 bits per heavy atom. The second kappa shape index (κ2) is 8.30. The van der Waals surface area contributed by atoms with Crippen LogP contribution in [0.25, 0.3) is 0 Å². The number of amides is 2. The Hall–Kier alpha value is -3.19. The Bertz CT molecular complexity index is 1080. The van der Waals surface area contributed by atoms with E-state index in [2.05, 4.69) is 15.4 Å². The van der Waals surface area contributed by atoms with Crippen molar-refractivity contribution in [1.82, 2.24) is 14.8 Å². The zero-order valence-electron chi connectivity index (χ0n) is 17.0. The molecule has 2 amide bonds. The van der Waals surface area contributed by atoms with Crippen molar-refractivity contribution in [3.8, 4) is 0 Å². The van der Waals surface area contributed by atoms with Gasteiger partial charge in [-0.2, -0.15) is 27.1 Å². The molecule has 0 spiro atoms. The van der Waals surface area contributed by atoms with Crippen molar-refractivity contribution in [2.45, 2.75) is 50.8 Å². The molecule has 0 aromatic carbocycles. The molecule has 1 saturated carbocycles. The minimum Gasteiger partial charge on any atom is -0.364 e. The van der Waals surface area contributed by atoms with E-state index in [0.29, 0.717) is 4.68 Å². The fourth-order valence-electron chi connectivity index (χ4n) is 3.68. The molecule has 2 heterocycles. The van der Waals surface area contributed by atoms with Gasteiger partial charge >= 0.3 is 12.1 Å². The first-order chi connectivity index (χ1) is 15.1. The summed E-state index contributed by atoms with van der Waals surface area (Å²) in [6.45, 7) is 0.397. The van der Waals surface area contributed by atoms with Gasteiger partial charge in [-0.1, -0.05) is 0 Å². The lowest BCUT2D eigenvalue weighted by Crippen LogP contribution is -2.35. The van der Waals surface area contributed by atoms with Crippen LogP contribution in [0.5, 0.6) is 0 Å². The van der Waals surface area contributed by atoms with Crippen molar-refractivity contribution in [3.63, 3.8) is 0 Å². The predicted molar refractivity (Wildman–Crippen MR) is 99.9 cm³/mol. The minimum absolute atomic E-state index is 0.0235. The first-order valence-electron chi connectivity index (χ1n) is 9.60. The Morgan fingerprint density at radius 2 is 1.94 bits per heavy atom. The maximum atomic E-state index is 14.1. The molecule has 1 unspecified atom stereocenters. The lowest BCUT2D eigenvalue weighted by atomic mass is 10.1. The zero-order chi connectivity index (χ0) is 24.8. The van der Waals surface area contributed by atoms with E-state index in [4.69, 9.17) is 5.73 Å². The number of halogens is 7. The number of rotatable bonds is 6. The largest absolute Gasteiger partial charge is 0.459 e. The first kappa shape index (κ1) is 24.5. The topological polar surface area (TPSA) is 103 Å². The van der Waals surface area contributed by atoms with Crippen LogP contribution in [-0.2, 0) is 12.5 Å². The summed E-state index contributed by atoms with van der Waals surface area (Å²) in [6.07, 6.45) is -6.00. The third-order valence-corrected chi connectivity index (χ3v) is 5.26. The van der Waals surface area contributed by atoms with Crippen LogP contribution in [0.15, 0.2) is 18.3 Å². The van der Waals surface area contributed by atoms with Crippen molar-refractivity contribution >= 4 is 17.5 Å². The van der Waals surface area contributed by atoms with Crippen LogP contribution in [0.4, 0.5) is 36.4 Å². The van der Waals surface area contributed by atoms with Crippen molar-refractivity contribution in [3.05, 3.63) is 41.0 Å². The van der Waals surface area contributed by atoms with Crippen LogP contribution in [0.2, 0.25) is 0 Å². The van der Waals surface area contributed by atoms with Gasteiger partial charge in [-0.15, -0.1) is 0 Å². The molecule has 7 nitrogen and oxygen atoms in total. The molecule has 1 aliphatic carbocycles. The number of nitrogens with zero attached hydrogens (tertiary/aromatic N) is 3. The van der Waals surface area contributed by atoms with Crippen LogP contribution in [-0.4, -0.2) is 38.7 Å².